The molecule has 19 heavy (non-hydrogen) atoms. The van der Waals surface area contributed by atoms with Gasteiger partial charge >= 0.3 is 5.97 Å². The Morgan fingerprint density at radius 1 is 1.42 bits per heavy atom. The van der Waals surface area contributed by atoms with Gasteiger partial charge in [0.25, 0.3) is 0 Å². The molecular weight excluding hydrogens is 313 g/mol. The molecule has 0 aromatic heterocycles. The maximum absolute atomic E-state index is 12.0. The van der Waals surface area contributed by atoms with E-state index in [1.54, 1.807) is 6.92 Å². The number of carboxylic acids is 1. The summed E-state index contributed by atoms with van der Waals surface area (Å²) in [5.41, 5.74) is 0. The summed E-state index contributed by atoms with van der Waals surface area (Å²) in [5.74, 6) is -1.84. The van der Waals surface area contributed by atoms with Gasteiger partial charge in [0.1, 0.15) is 4.90 Å². The lowest BCUT2D eigenvalue weighted by atomic mass is 10.1. The highest BCUT2D eigenvalue weighted by Gasteiger charge is 2.22. The summed E-state index contributed by atoms with van der Waals surface area (Å²) in [7, 11) is -3.88. The number of nitrogens with one attached hydrogen (secondary N) is 1. The average Bonchev–Trinajstić information content (AvgIpc) is 2.32. The van der Waals surface area contributed by atoms with Crippen LogP contribution in [0.3, 0.4) is 0 Å². The fourth-order valence-electron chi connectivity index (χ4n) is 1.38. The molecule has 1 aromatic carbocycles. The summed E-state index contributed by atoms with van der Waals surface area (Å²) in [4.78, 5) is 10.7. The summed E-state index contributed by atoms with van der Waals surface area (Å²) in [6.07, 6.45) is 0.321. The van der Waals surface area contributed by atoms with Crippen molar-refractivity contribution in [1.29, 1.82) is 0 Å². The maximum atomic E-state index is 12.0. The van der Waals surface area contributed by atoms with Crippen LogP contribution in [0.1, 0.15) is 13.3 Å². The first-order chi connectivity index (χ1) is 8.77. The summed E-state index contributed by atoms with van der Waals surface area (Å²) >= 11 is 11.5. The van der Waals surface area contributed by atoms with Crippen LogP contribution in [0.4, 0.5) is 0 Å². The minimum Gasteiger partial charge on any atom is -0.481 e. The Morgan fingerprint density at radius 3 is 2.58 bits per heavy atom. The smallest absolute Gasteiger partial charge is 0.307 e. The summed E-state index contributed by atoms with van der Waals surface area (Å²) < 4.78 is 26.2. The zero-order valence-corrected chi connectivity index (χ0v) is 12.4. The Balaban J connectivity index is 2.93. The van der Waals surface area contributed by atoms with Gasteiger partial charge in [-0.2, -0.15) is 0 Å². The quantitative estimate of drug-likeness (QED) is 0.841. The lowest BCUT2D eigenvalue weighted by Gasteiger charge is -2.12. The SMILES string of the molecule is CCC(CNS(=O)(=O)c1cc(Cl)ccc1Cl)C(=O)O. The first kappa shape index (κ1) is 16.2. The van der Waals surface area contributed by atoms with Crippen molar-refractivity contribution in [3.63, 3.8) is 0 Å². The second kappa shape index (κ2) is 6.56. The predicted molar refractivity (Wildman–Crippen MR) is 73.1 cm³/mol. The van der Waals surface area contributed by atoms with Gasteiger partial charge in [0, 0.05) is 11.6 Å². The average molecular weight is 326 g/mol. The number of rotatable bonds is 6. The van der Waals surface area contributed by atoms with Crippen molar-refractivity contribution in [3.8, 4) is 0 Å². The van der Waals surface area contributed by atoms with Gasteiger partial charge in [0.2, 0.25) is 10.0 Å². The molecule has 0 amide bonds. The van der Waals surface area contributed by atoms with E-state index in [1.165, 1.54) is 18.2 Å². The number of halogens is 2. The predicted octanol–water partition coefficient (Wildman–Crippen LogP) is 2.38. The molecule has 0 saturated heterocycles. The molecule has 0 aliphatic heterocycles. The zero-order chi connectivity index (χ0) is 14.6. The molecule has 0 heterocycles. The Bertz CT molecular complexity index is 574. The molecule has 0 bridgehead atoms. The Morgan fingerprint density at radius 2 is 2.05 bits per heavy atom. The fraction of sp³-hybridized carbons (Fsp3) is 0.364. The van der Waals surface area contributed by atoms with Crippen LogP contribution in [0.5, 0.6) is 0 Å². The molecule has 1 unspecified atom stereocenters. The van der Waals surface area contributed by atoms with E-state index in [0.29, 0.717) is 6.42 Å². The molecule has 1 aromatic rings. The lowest BCUT2D eigenvalue weighted by Crippen LogP contribution is -2.32. The first-order valence-corrected chi connectivity index (χ1v) is 7.69. The van der Waals surface area contributed by atoms with Crippen LogP contribution >= 0.6 is 23.2 Å². The Labute approximate surface area is 121 Å². The van der Waals surface area contributed by atoms with E-state index in [-0.39, 0.29) is 21.5 Å². The molecule has 5 nitrogen and oxygen atoms in total. The van der Waals surface area contributed by atoms with Gasteiger partial charge in [-0.05, 0) is 24.6 Å². The number of carboxylic acid groups (broad SMARTS) is 1. The van der Waals surface area contributed by atoms with Gasteiger partial charge in [-0.25, -0.2) is 13.1 Å². The molecule has 0 fully saturated rings. The number of aliphatic carboxylic acids is 1. The van der Waals surface area contributed by atoms with Crippen LogP contribution in [-0.2, 0) is 14.8 Å². The standard InChI is InChI=1S/C11H13Cl2NO4S/c1-2-7(11(15)16)6-14-19(17,18)10-5-8(12)3-4-9(10)13/h3-5,7,14H,2,6H2,1H3,(H,15,16). The second-order valence-corrected chi connectivity index (χ2v) is 6.45. The van der Waals surface area contributed by atoms with Gasteiger partial charge < -0.3 is 5.11 Å². The lowest BCUT2D eigenvalue weighted by molar-refractivity contribution is -0.141. The van der Waals surface area contributed by atoms with Gasteiger partial charge in [-0.1, -0.05) is 30.1 Å². The van der Waals surface area contributed by atoms with Crippen LogP contribution in [0.2, 0.25) is 10.0 Å². The van der Waals surface area contributed by atoms with Gasteiger partial charge in [0.05, 0.1) is 10.9 Å². The number of sulfonamides is 1. The van der Waals surface area contributed by atoms with Crippen LogP contribution in [0, 0.1) is 5.92 Å². The largest absolute Gasteiger partial charge is 0.481 e. The van der Waals surface area contributed by atoms with Crippen LogP contribution in [0.15, 0.2) is 23.1 Å². The Kier molecular flexibility index (Phi) is 5.61. The highest BCUT2D eigenvalue weighted by atomic mass is 35.5. The van der Waals surface area contributed by atoms with Gasteiger partial charge in [-0.15, -0.1) is 0 Å². The van der Waals surface area contributed by atoms with Crippen molar-refractivity contribution in [2.24, 2.45) is 5.92 Å². The normalized spacial score (nSPS) is 13.2. The van der Waals surface area contributed by atoms with Gasteiger partial charge in [-0.3, -0.25) is 4.79 Å². The summed E-state index contributed by atoms with van der Waals surface area (Å²) in [6, 6.07) is 4.05. The molecule has 106 valence electrons. The second-order valence-electron chi connectivity index (χ2n) is 3.87. The topological polar surface area (TPSA) is 83.5 Å². The minimum absolute atomic E-state index is 0.0280. The third-order valence-electron chi connectivity index (χ3n) is 2.54. The monoisotopic (exact) mass is 325 g/mol. The molecule has 1 rings (SSSR count). The maximum Gasteiger partial charge on any atom is 0.307 e. The molecular formula is C11H13Cl2NO4S. The van der Waals surface area contributed by atoms with E-state index in [9.17, 15) is 13.2 Å². The highest BCUT2D eigenvalue weighted by molar-refractivity contribution is 7.89. The molecule has 0 spiro atoms. The minimum atomic E-state index is -3.88. The first-order valence-electron chi connectivity index (χ1n) is 5.45. The molecule has 8 heteroatoms. The van der Waals surface area contributed by atoms with E-state index >= 15 is 0 Å². The molecule has 1 atom stereocenters. The molecule has 2 N–H and O–H groups in total. The summed E-state index contributed by atoms with van der Waals surface area (Å²) in [5, 5.41) is 9.12. The zero-order valence-electron chi connectivity index (χ0n) is 10.1. The summed E-state index contributed by atoms with van der Waals surface area (Å²) in [6.45, 7) is 1.47. The molecule has 0 aliphatic rings. The van der Waals surface area contributed by atoms with E-state index in [4.69, 9.17) is 28.3 Å². The third kappa shape index (κ3) is 4.35. The molecule has 0 radical (unpaired) electrons. The van der Waals surface area contributed by atoms with E-state index < -0.39 is 21.9 Å². The number of benzene rings is 1. The van der Waals surface area contributed by atoms with Crippen molar-refractivity contribution in [2.75, 3.05) is 6.54 Å². The van der Waals surface area contributed by atoms with E-state index in [1.807, 2.05) is 0 Å². The van der Waals surface area contributed by atoms with Crippen LogP contribution < -0.4 is 4.72 Å². The van der Waals surface area contributed by atoms with Crippen LogP contribution in [-0.4, -0.2) is 26.0 Å². The van der Waals surface area contributed by atoms with Gasteiger partial charge in [0.15, 0.2) is 0 Å². The van der Waals surface area contributed by atoms with Crippen molar-refractivity contribution < 1.29 is 18.3 Å². The van der Waals surface area contributed by atoms with Crippen molar-refractivity contribution in [1.82, 2.24) is 4.72 Å². The number of carbonyl (C=O) groups is 1. The van der Waals surface area contributed by atoms with Crippen molar-refractivity contribution >= 4 is 39.2 Å². The molecule has 0 aliphatic carbocycles. The van der Waals surface area contributed by atoms with E-state index in [2.05, 4.69) is 4.72 Å². The highest BCUT2D eigenvalue weighted by Crippen LogP contribution is 2.24. The van der Waals surface area contributed by atoms with Crippen molar-refractivity contribution in [3.05, 3.63) is 28.2 Å². The Hall–Kier alpha value is -0.820. The van der Waals surface area contributed by atoms with E-state index in [0.717, 1.165) is 0 Å². The third-order valence-corrected chi connectivity index (χ3v) is 4.68. The molecule has 0 saturated carbocycles. The van der Waals surface area contributed by atoms with Crippen LogP contribution in [0.25, 0.3) is 0 Å². The number of hydrogen-bond acceptors (Lipinski definition) is 3. The fourth-order valence-corrected chi connectivity index (χ4v) is 3.22. The van der Waals surface area contributed by atoms with Crippen molar-refractivity contribution in [2.45, 2.75) is 18.2 Å². The number of hydrogen-bond donors (Lipinski definition) is 2.